The lowest BCUT2D eigenvalue weighted by atomic mass is 10.1. The van der Waals surface area contributed by atoms with E-state index in [1.165, 1.54) is 19.3 Å². The van der Waals surface area contributed by atoms with Gasteiger partial charge in [-0.05, 0) is 13.0 Å². The first kappa shape index (κ1) is 16.0. The zero-order valence-electron chi connectivity index (χ0n) is 9.75. The van der Waals surface area contributed by atoms with Gasteiger partial charge in [0.15, 0.2) is 0 Å². The molecule has 5 heteroatoms. The van der Waals surface area contributed by atoms with Crippen LogP contribution < -0.4 is 5.32 Å². The Bertz CT molecular complexity index is 162. The van der Waals surface area contributed by atoms with Crippen molar-refractivity contribution in [3.8, 4) is 0 Å². The van der Waals surface area contributed by atoms with Crippen molar-refractivity contribution < 1.29 is 13.2 Å². The summed E-state index contributed by atoms with van der Waals surface area (Å²) in [5, 5.41) is 2.44. The number of alkyl halides is 4. The topological polar surface area (TPSA) is 12.0 Å². The normalized spacial score (nSPS) is 14.1. The third-order valence-corrected chi connectivity index (χ3v) is 2.78. The minimum Gasteiger partial charge on any atom is -0.305 e. The standard InChI is InChI=1S/C11H21ClF3N/c1-2-3-4-5-6-7-8-16-10(9-12)11(13,14)15/h10,16H,2-9H2,1H3. The monoisotopic (exact) mass is 259 g/mol. The number of hydrogen-bond acceptors (Lipinski definition) is 1. The average Bonchev–Trinajstić information content (AvgIpc) is 2.20. The largest absolute Gasteiger partial charge is 0.405 e. The van der Waals surface area contributed by atoms with Crippen LogP contribution in [-0.4, -0.2) is 24.6 Å². The third kappa shape index (κ3) is 8.22. The molecule has 1 nitrogen and oxygen atoms in total. The lowest BCUT2D eigenvalue weighted by Gasteiger charge is -2.18. The zero-order valence-corrected chi connectivity index (χ0v) is 10.5. The van der Waals surface area contributed by atoms with Crippen LogP contribution in [0.25, 0.3) is 0 Å². The number of rotatable bonds is 9. The molecule has 0 aliphatic heterocycles. The van der Waals surface area contributed by atoms with Gasteiger partial charge in [-0.3, -0.25) is 0 Å². The first-order valence-electron chi connectivity index (χ1n) is 5.88. The first-order valence-corrected chi connectivity index (χ1v) is 6.41. The van der Waals surface area contributed by atoms with Gasteiger partial charge >= 0.3 is 6.18 Å². The molecule has 0 spiro atoms. The molecule has 0 saturated heterocycles. The van der Waals surface area contributed by atoms with E-state index in [9.17, 15) is 13.2 Å². The fourth-order valence-corrected chi connectivity index (χ4v) is 1.72. The Kier molecular flexibility index (Phi) is 9.13. The molecule has 0 saturated carbocycles. The van der Waals surface area contributed by atoms with Crippen LogP contribution in [0.1, 0.15) is 45.4 Å². The third-order valence-electron chi connectivity index (χ3n) is 2.47. The molecule has 0 fully saturated rings. The van der Waals surface area contributed by atoms with Crippen molar-refractivity contribution in [2.75, 3.05) is 12.4 Å². The van der Waals surface area contributed by atoms with Crippen molar-refractivity contribution in [1.29, 1.82) is 0 Å². The predicted octanol–water partition coefficient (Wildman–Crippen LogP) is 4.11. The molecule has 0 aliphatic carbocycles. The van der Waals surface area contributed by atoms with Gasteiger partial charge in [-0.2, -0.15) is 13.2 Å². The van der Waals surface area contributed by atoms with Crippen molar-refractivity contribution in [2.24, 2.45) is 0 Å². The zero-order chi connectivity index (χ0) is 12.4. The van der Waals surface area contributed by atoms with Crippen LogP contribution in [0.5, 0.6) is 0 Å². The van der Waals surface area contributed by atoms with Gasteiger partial charge < -0.3 is 5.32 Å². The summed E-state index contributed by atoms with van der Waals surface area (Å²) in [7, 11) is 0. The molecular weight excluding hydrogens is 239 g/mol. The van der Waals surface area contributed by atoms with E-state index in [0.717, 1.165) is 19.3 Å². The quantitative estimate of drug-likeness (QED) is 0.485. The molecule has 0 radical (unpaired) electrons. The SMILES string of the molecule is CCCCCCCCNC(CCl)C(F)(F)F. The van der Waals surface area contributed by atoms with Gasteiger partial charge in [0.1, 0.15) is 6.04 Å². The fraction of sp³-hybridized carbons (Fsp3) is 1.00. The number of halogens is 4. The Morgan fingerprint density at radius 2 is 1.62 bits per heavy atom. The highest BCUT2D eigenvalue weighted by atomic mass is 35.5. The van der Waals surface area contributed by atoms with Crippen LogP contribution in [0.4, 0.5) is 13.2 Å². The first-order chi connectivity index (χ1) is 7.52. The Labute approximate surface area is 101 Å². The summed E-state index contributed by atoms with van der Waals surface area (Å²) in [4.78, 5) is 0. The van der Waals surface area contributed by atoms with Crippen molar-refractivity contribution >= 4 is 11.6 Å². The molecule has 0 aromatic heterocycles. The molecule has 0 amide bonds. The molecule has 0 heterocycles. The highest BCUT2D eigenvalue weighted by molar-refractivity contribution is 6.18. The maximum atomic E-state index is 12.2. The van der Waals surface area contributed by atoms with E-state index >= 15 is 0 Å². The lowest BCUT2D eigenvalue weighted by Crippen LogP contribution is -2.44. The summed E-state index contributed by atoms with van der Waals surface area (Å²) >= 11 is 5.25. The molecule has 0 aromatic rings. The van der Waals surface area contributed by atoms with Crippen molar-refractivity contribution in [3.63, 3.8) is 0 Å². The Hall–Kier alpha value is 0.0400. The summed E-state index contributed by atoms with van der Waals surface area (Å²) in [5.41, 5.74) is 0. The maximum Gasteiger partial charge on any atom is 0.405 e. The second kappa shape index (κ2) is 9.11. The molecule has 0 aromatic carbocycles. The van der Waals surface area contributed by atoms with E-state index in [4.69, 9.17) is 11.6 Å². The summed E-state index contributed by atoms with van der Waals surface area (Å²) in [6.07, 6.45) is 2.21. The summed E-state index contributed by atoms with van der Waals surface area (Å²) < 4.78 is 36.7. The van der Waals surface area contributed by atoms with E-state index in [0.29, 0.717) is 6.54 Å². The minimum atomic E-state index is -4.23. The molecule has 98 valence electrons. The molecule has 1 atom stereocenters. The molecule has 0 rings (SSSR count). The van der Waals surface area contributed by atoms with Crippen molar-refractivity contribution in [1.82, 2.24) is 5.32 Å². The maximum absolute atomic E-state index is 12.2. The summed E-state index contributed by atoms with van der Waals surface area (Å²) in [6, 6.07) is -1.56. The van der Waals surface area contributed by atoms with E-state index in [1.54, 1.807) is 0 Å². The summed E-state index contributed by atoms with van der Waals surface area (Å²) in [5.74, 6) is -0.417. The predicted molar refractivity (Wildman–Crippen MR) is 61.9 cm³/mol. The van der Waals surface area contributed by atoms with Crippen molar-refractivity contribution in [3.05, 3.63) is 0 Å². The molecule has 1 unspecified atom stereocenters. The second-order valence-corrected chi connectivity index (χ2v) is 4.28. The lowest BCUT2D eigenvalue weighted by molar-refractivity contribution is -0.150. The van der Waals surface area contributed by atoms with Gasteiger partial charge in [0.25, 0.3) is 0 Å². The number of hydrogen-bond donors (Lipinski definition) is 1. The highest BCUT2D eigenvalue weighted by Gasteiger charge is 2.38. The van der Waals surface area contributed by atoms with Gasteiger partial charge in [-0.1, -0.05) is 39.0 Å². The van der Waals surface area contributed by atoms with Gasteiger partial charge in [-0.15, -0.1) is 11.6 Å². The van der Waals surface area contributed by atoms with Gasteiger partial charge in [0, 0.05) is 5.88 Å². The minimum absolute atomic E-state index is 0.392. The molecular formula is C11H21ClF3N. The van der Waals surface area contributed by atoms with Crippen molar-refractivity contribution in [2.45, 2.75) is 57.7 Å². The van der Waals surface area contributed by atoms with Crippen LogP contribution in [0.3, 0.4) is 0 Å². The van der Waals surface area contributed by atoms with E-state index in [1.807, 2.05) is 0 Å². The number of unbranched alkanes of at least 4 members (excludes halogenated alkanes) is 5. The molecule has 16 heavy (non-hydrogen) atoms. The molecule has 0 bridgehead atoms. The fourth-order valence-electron chi connectivity index (χ4n) is 1.44. The average molecular weight is 260 g/mol. The van der Waals surface area contributed by atoms with Crippen LogP contribution >= 0.6 is 11.6 Å². The molecule has 0 aliphatic rings. The highest BCUT2D eigenvalue weighted by Crippen LogP contribution is 2.21. The van der Waals surface area contributed by atoms with Crippen LogP contribution in [0.15, 0.2) is 0 Å². The Morgan fingerprint density at radius 3 is 2.12 bits per heavy atom. The van der Waals surface area contributed by atoms with E-state index in [-0.39, 0.29) is 0 Å². The van der Waals surface area contributed by atoms with Crippen LogP contribution in [0, 0.1) is 0 Å². The second-order valence-electron chi connectivity index (χ2n) is 3.97. The van der Waals surface area contributed by atoms with Crippen LogP contribution in [-0.2, 0) is 0 Å². The summed E-state index contributed by atoms with van der Waals surface area (Å²) in [6.45, 7) is 2.53. The van der Waals surface area contributed by atoms with E-state index < -0.39 is 18.1 Å². The van der Waals surface area contributed by atoms with Gasteiger partial charge in [0.05, 0.1) is 0 Å². The Balaban J connectivity index is 3.42. The Morgan fingerprint density at radius 1 is 1.06 bits per heavy atom. The number of nitrogens with one attached hydrogen (secondary N) is 1. The van der Waals surface area contributed by atoms with E-state index in [2.05, 4.69) is 12.2 Å². The smallest absolute Gasteiger partial charge is 0.305 e. The van der Waals surface area contributed by atoms with Gasteiger partial charge in [-0.25, -0.2) is 0 Å². The van der Waals surface area contributed by atoms with Crippen LogP contribution in [0.2, 0.25) is 0 Å². The molecule has 1 N–H and O–H groups in total. The van der Waals surface area contributed by atoms with Gasteiger partial charge in [0.2, 0.25) is 0 Å².